The summed E-state index contributed by atoms with van der Waals surface area (Å²) >= 11 is 0. The molecule has 1 aromatic heterocycles. The number of aryl methyl sites for hydroxylation is 2. The summed E-state index contributed by atoms with van der Waals surface area (Å²) in [4.78, 5) is 17.1. The first-order valence-corrected chi connectivity index (χ1v) is 10.6. The van der Waals surface area contributed by atoms with E-state index in [1.54, 1.807) is 4.68 Å². The van der Waals surface area contributed by atoms with Gasteiger partial charge in [0.2, 0.25) is 0 Å². The van der Waals surface area contributed by atoms with Crippen molar-refractivity contribution in [2.24, 2.45) is 4.99 Å². The Morgan fingerprint density at radius 1 is 1.24 bits per heavy atom. The molecule has 3 rings (SSSR count). The maximum Gasteiger partial charge on any atom is 0.345 e. The predicted octanol–water partition coefficient (Wildman–Crippen LogP) is 1.93. The fourth-order valence-electron chi connectivity index (χ4n) is 3.47. The van der Waals surface area contributed by atoms with Gasteiger partial charge in [-0.25, -0.2) is 14.5 Å². The first-order chi connectivity index (χ1) is 14.2. The van der Waals surface area contributed by atoms with E-state index in [2.05, 4.69) is 20.7 Å². The van der Waals surface area contributed by atoms with E-state index in [1.165, 1.54) is 0 Å². The molecule has 2 aromatic rings. The quantitative estimate of drug-likeness (QED) is 0.382. The van der Waals surface area contributed by atoms with Crippen LogP contribution in [0.3, 0.4) is 0 Å². The summed E-state index contributed by atoms with van der Waals surface area (Å²) in [5.74, 6) is 2.56. The lowest BCUT2D eigenvalue weighted by Crippen LogP contribution is -2.38. The smallest absolute Gasteiger partial charge is 0.345 e. The number of nitrogens with one attached hydrogen (secondary N) is 2. The molecule has 0 saturated carbocycles. The number of para-hydroxylation sites is 1. The molecule has 0 unspecified atom stereocenters. The molecule has 0 fully saturated rings. The van der Waals surface area contributed by atoms with Crippen molar-refractivity contribution in [3.05, 3.63) is 46.1 Å². The highest BCUT2D eigenvalue weighted by Crippen LogP contribution is 2.18. The molecule has 8 heteroatoms. The van der Waals surface area contributed by atoms with Crippen molar-refractivity contribution in [1.82, 2.24) is 25.0 Å². The van der Waals surface area contributed by atoms with Crippen LogP contribution in [0, 0.1) is 0 Å². The molecule has 0 atom stereocenters. The first kappa shape index (κ1) is 21.0. The third-order valence-electron chi connectivity index (χ3n) is 4.89. The van der Waals surface area contributed by atoms with Crippen LogP contribution in [-0.2, 0) is 26.1 Å². The number of hydrogen-bond acceptors (Lipinski definition) is 4. The second kappa shape index (κ2) is 10.7. The summed E-state index contributed by atoms with van der Waals surface area (Å²) in [6.45, 7) is 8.10. The van der Waals surface area contributed by atoms with E-state index in [-0.39, 0.29) is 5.69 Å². The summed E-state index contributed by atoms with van der Waals surface area (Å²) in [6.07, 6.45) is 3.89. The minimum Gasteiger partial charge on any atom is -0.494 e. The molecule has 2 heterocycles. The summed E-state index contributed by atoms with van der Waals surface area (Å²) in [5.41, 5.74) is 1.08. The minimum atomic E-state index is 0.0211. The van der Waals surface area contributed by atoms with Crippen molar-refractivity contribution in [3.8, 4) is 5.75 Å². The van der Waals surface area contributed by atoms with Crippen molar-refractivity contribution >= 4 is 5.96 Å². The van der Waals surface area contributed by atoms with Crippen molar-refractivity contribution in [3.63, 3.8) is 0 Å². The van der Waals surface area contributed by atoms with Crippen LogP contribution in [0.2, 0.25) is 0 Å². The first-order valence-electron chi connectivity index (χ1n) is 10.6. The third-order valence-corrected chi connectivity index (χ3v) is 4.89. The molecule has 0 amide bonds. The van der Waals surface area contributed by atoms with Crippen LogP contribution >= 0.6 is 0 Å². The molecule has 29 heavy (non-hydrogen) atoms. The van der Waals surface area contributed by atoms with Crippen LogP contribution in [0.5, 0.6) is 5.75 Å². The van der Waals surface area contributed by atoms with Gasteiger partial charge in [0.05, 0.1) is 13.2 Å². The van der Waals surface area contributed by atoms with Crippen LogP contribution in [-0.4, -0.2) is 40.0 Å². The fourth-order valence-corrected chi connectivity index (χ4v) is 3.47. The second-order valence-electron chi connectivity index (χ2n) is 7.05. The summed E-state index contributed by atoms with van der Waals surface area (Å²) in [6, 6.07) is 7.97. The number of guanidine groups is 1. The van der Waals surface area contributed by atoms with Crippen molar-refractivity contribution in [1.29, 1.82) is 0 Å². The maximum atomic E-state index is 12.4. The van der Waals surface area contributed by atoms with E-state index in [4.69, 9.17) is 4.74 Å². The molecule has 0 aliphatic carbocycles. The topological polar surface area (TPSA) is 85.5 Å². The van der Waals surface area contributed by atoms with Crippen LogP contribution in [0.25, 0.3) is 0 Å². The second-order valence-corrected chi connectivity index (χ2v) is 7.05. The Bertz CT molecular complexity index is 870. The SMILES string of the molecule is CCNC(=NCc1ccccc1OCC)NCCCn1nc2n(c1=O)CCCC2. The van der Waals surface area contributed by atoms with E-state index >= 15 is 0 Å². The number of rotatable bonds is 9. The monoisotopic (exact) mass is 400 g/mol. The Morgan fingerprint density at radius 3 is 2.90 bits per heavy atom. The van der Waals surface area contributed by atoms with Gasteiger partial charge in [0.25, 0.3) is 0 Å². The Labute approximate surface area is 172 Å². The normalized spacial score (nSPS) is 13.8. The number of benzene rings is 1. The largest absolute Gasteiger partial charge is 0.494 e. The molecule has 158 valence electrons. The van der Waals surface area contributed by atoms with E-state index in [1.807, 2.05) is 42.7 Å². The Kier molecular flexibility index (Phi) is 7.72. The average molecular weight is 401 g/mol. The fraction of sp³-hybridized carbons (Fsp3) is 0.571. The maximum absolute atomic E-state index is 12.4. The lowest BCUT2D eigenvalue weighted by atomic mass is 10.2. The van der Waals surface area contributed by atoms with Gasteiger partial charge in [-0.1, -0.05) is 18.2 Å². The number of aliphatic imine (C=N–C) groups is 1. The van der Waals surface area contributed by atoms with Gasteiger partial charge in [0, 0.05) is 38.2 Å². The Hall–Kier alpha value is -2.77. The number of nitrogens with zero attached hydrogens (tertiary/aromatic N) is 4. The highest BCUT2D eigenvalue weighted by atomic mass is 16.5. The van der Waals surface area contributed by atoms with Gasteiger partial charge < -0.3 is 15.4 Å². The summed E-state index contributed by atoms with van der Waals surface area (Å²) in [7, 11) is 0. The zero-order valence-electron chi connectivity index (χ0n) is 17.5. The van der Waals surface area contributed by atoms with Gasteiger partial charge in [-0.3, -0.25) is 4.57 Å². The molecule has 1 aromatic carbocycles. The molecular formula is C21H32N6O2. The van der Waals surface area contributed by atoms with E-state index in [0.717, 1.165) is 61.9 Å². The van der Waals surface area contributed by atoms with Crippen molar-refractivity contribution in [2.75, 3.05) is 19.7 Å². The number of fused-ring (bicyclic) bond motifs is 1. The minimum absolute atomic E-state index is 0.0211. The summed E-state index contributed by atoms with van der Waals surface area (Å²) in [5, 5.41) is 11.1. The van der Waals surface area contributed by atoms with Gasteiger partial charge in [0.15, 0.2) is 5.96 Å². The van der Waals surface area contributed by atoms with Crippen LogP contribution < -0.4 is 21.1 Å². The van der Waals surface area contributed by atoms with Crippen molar-refractivity contribution < 1.29 is 4.74 Å². The van der Waals surface area contributed by atoms with Crippen molar-refractivity contribution in [2.45, 2.75) is 59.2 Å². The van der Waals surface area contributed by atoms with Crippen LogP contribution in [0.4, 0.5) is 0 Å². The molecular weight excluding hydrogens is 368 g/mol. The molecule has 0 saturated heterocycles. The molecule has 1 aliphatic rings. The molecule has 2 N–H and O–H groups in total. The number of aromatic nitrogens is 3. The van der Waals surface area contributed by atoms with Gasteiger partial charge in [-0.15, -0.1) is 0 Å². The van der Waals surface area contributed by atoms with Gasteiger partial charge >= 0.3 is 5.69 Å². The Morgan fingerprint density at radius 2 is 2.10 bits per heavy atom. The van der Waals surface area contributed by atoms with Gasteiger partial charge in [-0.2, -0.15) is 5.10 Å². The standard InChI is InChI=1S/C21H32N6O2/c1-3-22-20(24-16-17-10-5-6-11-18(17)29-4-2)23-13-9-15-27-21(28)26-14-8-7-12-19(26)25-27/h5-6,10-11H,3-4,7-9,12-16H2,1-2H3,(H2,22,23,24). The summed E-state index contributed by atoms with van der Waals surface area (Å²) < 4.78 is 9.09. The van der Waals surface area contributed by atoms with Crippen LogP contribution in [0.15, 0.2) is 34.1 Å². The Balaban J connectivity index is 1.53. The molecule has 0 bridgehead atoms. The zero-order valence-corrected chi connectivity index (χ0v) is 17.5. The molecule has 0 radical (unpaired) electrons. The number of ether oxygens (including phenoxy) is 1. The molecule has 1 aliphatic heterocycles. The highest BCUT2D eigenvalue weighted by Gasteiger charge is 2.16. The average Bonchev–Trinajstić information content (AvgIpc) is 3.06. The van der Waals surface area contributed by atoms with Gasteiger partial charge in [-0.05, 0) is 39.2 Å². The van der Waals surface area contributed by atoms with E-state index in [0.29, 0.717) is 26.2 Å². The van der Waals surface area contributed by atoms with Crippen LogP contribution in [0.1, 0.15) is 44.5 Å². The molecule has 8 nitrogen and oxygen atoms in total. The lowest BCUT2D eigenvalue weighted by molar-refractivity contribution is 0.336. The third kappa shape index (κ3) is 5.62. The number of hydrogen-bond donors (Lipinski definition) is 2. The lowest BCUT2D eigenvalue weighted by Gasteiger charge is -2.12. The zero-order chi connectivity index (χ0) is 20.5. The van der Waals surface area contributed by atoms with E-state index in [9.17, 15) is 4.79 Å². The van der Waals surface area contributed by atoms with E-state index < -0.39 is 0 Å². The highest BCUT2D eigenvalue weighted by molar-refractivity contribution is 5.79. The predicted molar refractivity (Wildman–Crippen MR) is 114 cm³/mol. The van der Waals surface area contributed by atoms with Gasteiger partial charge in [0.1, 0.15) is 11.6 Å². The molecule has 0 spiro atoms.